The minimum Gasteiger partial charge on any atom is -0.278 e. The van der Waals surface area contributed by atoms with Crippen molar-refractivity contribution in [1.29, 1.82) is 0 Å². The number of hydrogen-bond donors (Lipinski definition) is 1. The van der Waals surface area contributed by atoms with E-state index in [0.717, 1.165) is 12.1 Å². The first-order valence-electron chi connectivity index (χ1n) is 7.32. The van der Waals surface area contributed by atoms with E-state index < -0.39 is 31.7 Å². The van der Waals surface area contributed by atoms with Crippen LogP contribution in [0.2, 0.25) is 5.02 Å². The summed E-state index contributed by atoms with van der Waals surface area (Å²) in [5.74, 6) is 0. The molecule has 4 nitrogen and oxygen atoms in total. The van der Waals surface area contributed by atoms with Gasteiger partial charge in [-0.2, -0.15) is 13.2 Å². The van der Waals surface area contributed by atoms with E-state index in [1.807, 2.05) is 20.8 Å². The molecule has 10 heteroatoms. The third-order valence-electron chi connectivity index (χ3n) is 2.95. The molecule has 0 fully saturated rings. The number of alkyl halides is 3. The predicted octanol–water partition coefficient (Wildman–Crippen LogP) is 5.45. The lowest BCUT2D eigenvalue weighted by Gasteiger charge is -2.17. The molecule has 0 saturated heterocycles. The maximum atomic E-state index is 12.9. The van der Waals surface area contributed by atoms with E-state index in [-0.39, 0.29) is 10.4 Å². The highest BCUT2D eigenvalue weighted by atomic mass is 35.5. The lowest BCUT2D eigenvalue weighted by atomic mass is 10.2. The molecule has 26 heavy (non-hydrogen) atoms. The van der Waals surface area contributed by atoms with Crippen LogP contribution in [0.25, 0.3) is 0 Å². The van der Waals surface area contributed by atoms with Gasteiger partial charge in [0.1, 0.15) is 0 Å². The third kappa shape index (κ3) is 5.52. The molecule has 0 unspecified atom stereocenters. The highest BCUT2D eigenvalue weighted by Crippen LogP contribution is 2.36. The normalized spacial score (nSPS) is 12.9. The molecular formula is C16H16ClF3N2O2S2. The van der Waals surface area contributed by atoms with Gasteiger partial charge in [-0.15, -0.1) is 11.8 Å². The van der Waals surface area contributed by atoms with E-state index in [1.165, 1.54) is 24.0 Å². The van der Waals surface area contributed by atoms with Crippen molar-refractivity contribution < 1.29 is 21.6 Å². The van der Waals surface area contributed by atoms with Gasteiger partial charge in [-0.25, -0.2) is 13.4 Å². The Balaban J connectivity index is 2.26. The number of thioether (sulfide) groups is 1. The van der Waals surface area contributed by atoms with Crippen LogP contribution in [0.4, 0.5) is 18.9 Å². The fourth-order valence-electron chi connectivity index (χ4n) is 1.92. The second-order valence-electron chi connectivity index (χ2n) is 6.34. The van der Waals surface area contributed by atoms with Gasteiger partial charge in [0.2, 0.25) is 0 Å². The van der Waals surface area contributed by atoms with Crippen molar-refractivity contribution in [3.8, 4) is 0 Å². The molecule has 1 heterocycles. The molecule has 0 atom stereocenters. The minimum absolute atomic E-state index is 0.0642. The van der Waals surface area contributed by atoms with Gasteiger partial charge in [0.25, 0.3) is 10.0 Å². The zero-order valence-electron chi connectivity index (χ0n) is 14.1. The van der Waals surface area contributed by atoms with Gasteiger partial charge in [0, 0.05) is 4.75 Å². The number of nitrogens with zero attached hydrogens (tertiary/aromatic N) is 1. The molecule has 0 saturated carbocycles. The van der Waals surface area contributed by atoms with E-state index in [1.54, 1.807) is 6.07 Å². The molecular weight excluding hydrogens is 409 g/mol. The van der Waals surface area contributed by atoms with Crippen LogP contribution < -0.4 is 4.72 Å². The summed E-state index contributed by atoms with van der Waals surface area (Å²) in [6.07, 6.45) is -3.44. The highest BCUT2D eigenvalue weighted by molar-refractivity contribution is 8.00. The Morgan fingerprint density at radius 2 is 1.77 bits per heavy atom. The summed E-state index contributed by atoms with van der Waals surface area (Å²) in [6, 6.07) is 5.55. The van der Waals surface area contributed by atoms with Crippen LogP contribution in [-0.4, -0.2) is 18.1 Å². The molecule has 2 aromatic rings. The topological polar surface area (TPSA) is 59.1 Å². The van der Waals surface area contributed by atoms with Crippen LogP contribution in [0, 0.1) is 0 Å². The Morgan fingerprint density at radius 1 is 1.12 bits per heavy atom. The lowest BCUT2D eigenvalue weighted by molar-refractivity contribution is -0.137. The molecule has 0 radical (unpaired) electrons. The number of sulfonamides is 1. The second-order valence-corrected chi connectivity index (χ2v) is 10.3. The molecule has 0 amide bonds. The summed E-state index contributed by atoms with van der Waals surface area (Å²) in [4.78, 5) is 3.61. The van der Waals surface area contributed by atoms with Crippen molar-refractivity contribution in [2.24, 2.45) is 0 Å². The molecule has 1 N–H and O–H groups in total. The van der Waals surface area contributed by atoms with Gasteiger partial charge in [-0.1, -0.05) is 32.4 Å². The first-order valence-corrected chi connectivity index (χ1v) is 10.0. The largest absolute Gasteiger partial charge is 0.417 e. The average Bonchev–Trinajstić information content (AvgIpc) is 2.46. The molecule has 0 aliphatic carbocycles. The summed E-state index contributed by atoms with van der Waals surface area (Å²) in [5, 5.41) is 0.132. The van der Waals surface area contributed by atoms with Crippen molar-refractivity contribution in [3.63, 3.8) is 0 Å². The molecule has 0 bridgehead atoms. The zero-order valence-corrected chi connectivity index (χ0v) is 16.4. The van der Waals surface area contributed by atoms with Gasteiger partial charge in [-0.3, -0.25) is 4.72 Å². The minimum atomic E-state index is -4.75. The van der Waals surface area contributed by atoms with Gasteiger partial charge in [0.05, 0.1) is 32.4 Å². The number of anilines is 1. The Morgan fingerprint density at radius 3 is 2.27 bits per heavy atom. The van der Waals surface area contributed by atoms with Crippen LogP contribution >= 0.6 is 23.4 Å². The summed E-state index contributed by atoms with van der Waals surface area (Å²) < 4.78 is 65.6. The van der Waals surface area contributed by atoms with Crippen molar-refractivity contribution in [2.75, 3.05) is 4.72 Å². The molecule has 1 aromatic heterocycles. The number of aromatic nitrogens is 1. The molecule has 0 spiro atoms. The van der Waals surface area contributed by atoms with E-state index in [0.29, 0.717) is 11.1 Å². The van der Waals surface area contributed by atoms with E-state index in [2.05, 4.69) is 9.71 Å². The monoisotopic (exact) mass is 424 g/mol. The first kappa shape index (κ1) is 20.9. The Bertz CT molecular complexity index is 893. The Kier molecular flexibility index (Phi) is 5.84. The van der Waals surface area contributed by atoms with Crippen LogP contribution in [0.15, 0.2) is 46.5 Å². The summed E-state index contributed by atoms with van der Waals surface area (Å²) >= 11 is 7.02. The summed E-state index contributed by atoms with van der Waals surface area (Å²) in [5.41, 5.74) is -1.07. The number of halogens is 4. The summed E-state index contributed by atoms with van der Waals surface area (Å²) in [6.45, 7) is 6.03. The third-order valence-corrected chi connectivity index (χ3v) is 5.72. The Hall–Kier alpha value is -1.45. The SMILES string of the molecule is CC(C)(C)Sc1ccc(NS(=O)(=O)c2ccc(Cl)c(C(F)(F)F)c2)cn1. The van der Waals surface area contributed by atoms with E-state index in [9.17, 15) is 21.6 Å². The molecule has 1 aromatic carbocycles. The number of hydrogen-bond acceptors (Lipinski definition) is 4. The summed E-state index contributed by atoms with van der Waals surface area (Å²) in [7, 11) is -4.22. The van der Waals surface area contributed by atoms with Crippen LogP contribution in [0.5, 0.6) is 0 Å². The number of pyridine rings is 1. The second kappa shape index (κ2) is 7.28. The maximum absolute atomic E-state index is 12.9. The zero-order chi connectivity index (χ0) is 19.8. The van der Waals surface area contributed by atoms with Crippen LogP contribution in [-0.2, 0) is 16.2 Å². The van der Waals surface area contributed by atoms with E-state index in [4.69, 9.17) is 11.6 Å². The number of rotatable bonds is 4. The Labute approximate surface area is 159 Å². The van der Waals surface area contributed by atoms with Crippen molar-refractivity contribution in [2.45, 2.75) is 41.6 Å². The average molecular weight is 425 g/mol. The van der Waals surface area contributed by atoms with Crippen molar-refractivity contribution in [1.82, 2.24) is 4.98 Å². The standard InChI is InChI=1S/C16H16ClF3N2O2S2/c1-15(2,3)25-14-7-4-10(9-21-14)22-26(23,24)11-5-6-13(17)12(8-11)16(18,19)20/h4-9,22H,1-3H3. The van der Waals surface area contributed by atoms with Crippen LogP contribution in [0.1, 0.15) is 26.3 Å². The number of benzene rings is 1. The van der Waals surface area contributed by atoms with Crippen molar-refractivity contribution >= 4 is 39.1 Å². The van der Waals surface area contributed by atoms with E-state index >= 15 is 0 Å². The molecule has 142 valence electrons. The fraction of sp³-hybridized carbons (Fsp3) is 0.312. The molecule has 0 aliphatic rings. The highest BCUT2D eigenvalue weighted by Gasteiger charge is 2.34. The first-order chi connectivity index (χ1) is 11.8. The van der Waals surface area contributed by atoms with Gasteiger partial charge in [0.15, 0.2) is 0 Å². The molecule has 2 rings (SSSR count). The molecule has 0 aliphatic heterocycles. The quantitative estimate of drug-likeness (QED) is 0.663. The fourth-order valence-corrected chi connectivity index (χ4v) is 4.08. The smallest absolute Gasteiger partial charge is 0.278 e. The lowest BCUT2D eigenvalue weighted by Crippen LogP contribution is -2.15. The van der Waals surface area contributed by atoms with Crippen molar-refractivity contribution in [3.05, 3.63) is 47.1 Å². The van der Waals surface area contributed by atoms with Gasteiger partial charge >= 0.3 is 6.18 Å². The van der Waals surface area contributed by atoms with Gasteiger partial charge in [-0.05, 0) is 30.3 Å². The maximum Gasteiger partial charge on any atom is 0.417 e. The van der Waals surface area contributed by atoms with Gasteiger partial charge < -0.3 is 0 Å². The van der Waals surface area contributed by atoms with Crippen LogP contribution in [0.3, 0.4) is 0 Å². The number of nitrogens with one attached hydrogen (secondary N) is 1. The predicted molar refractivity (Wildman–Crippen MR) is 97.1 cm³/mol.